The number of hydrogen-bond acceptors (Lipinski definition) is 1. The molecule has 0 heterocycles. The van der Waals surface area contributed by atoms with E-state index in [2.05, 4.69) is 19.9 Å². The second-order valence-electron chi connectivity index (χ2n) is 3.58. The minimum Gasteiger partial charge on any atom is -0.508 e. The van der Waals surface area contributed by atoms with Gasteiger partial charge in [-0.15, -0.1) is 0 Å². The molecule has 0 aromatic carbocycles. The van der Waals surface area contributed by atoms with Gasteiger partial charge in [0.1, 0.15) is 5.76 Å². The molecule has 1 nitrogen and oxygen atoms in total. The Hall–Kier alpha value is -0.720. The van der Waals surface area contributed by atoms with Gasteiger partial charge in [0.25, 0.3) is 0 Å². The Bertz CT molecular complexity index is 199. The number of allylic oxidation sites excluding steroid dienone is 3. The molecular formula is C10H16O. The fourth-order valence-corrected chi connectivity index (χ4v) is 1.28. The minimum atomic E-state index is 0.468. The third-order valence-electron chi connectivity index (χ3n) is 2.33. The molecule has 0 radical (unpaired) electrons. The summed E-state index contributed by atoms with van der Waals surface area (Å²) in [7, 11) is 0. The van der Waals surface area contributed by atoms with Crippen molar-refractivity contribution in [2.45, 2.75) is 27.2 Å². The summed E-state index contributed by atoms with van der Waals surface area (Å²) in [5, 5.41) is 9.39. The lowest BCUT2D eigenvalue weighted by Crippen LogP contribution is -2.09. The van der Waals surface area contributed by atoms with Gasteiger partial charge in [0, 0.05) is 0 Å². The van der Waals surface area contributed by atoms with E-state index in [9.17, 15) is 5.11 Å². The maximum Gasteiger partial charge on any atom is 0.114 e. The summed E-state index contributed by atoms with van der Waals surface area (Å²) in [4.78, 5) is 0. The number of aliphatic hydroxyl groups excluding tert-OH is 1. The predicted octanol–water partition coefficient (Wildman–Crippen LogP) is 3.05. The first-order chi connectivity index (χ1) is 5.11. The molecule has 0 aromatic rings. The van der Waals surface area contributed by atoms with Crippen molar-refractivity contribution in [2.24, 2.45) is 11.8 Å². The third kappa shape index (κ3) is 1.86. The van der Waals surface area contributed by atoms with Crippen molar-refractivity contribution in [1.29, 1.82) is 0 Å². The summed E-state index contributed by atoms with van der Waals surface area (Å²) in [6.07, 6.45) is 5.16. The summed E-state index contributed by atoms with van der Waals surface area (Å²) in [5.74, 6) is 1.62. The fraction of sp³-hybridized carbons (Fsp3) is 0.600. The highest BCUT2D eigenvalue weighted by molar-refractivity contribution is 5.27. The standard InChI is InChI=1S/C10H16O/c1-7(2)9-5-4-8(3)10(11)6-9/h4,6-7,9,11H,5H2,1-3H3. The first kappa shape index (κ1) is 8.38. The average Bonchev–Trinajstić information content (AvgIpc) is 1.94. The zero-order chi connectivity index (χ0) is 8.43. The molecule has 1 unspecified atom stereocenters. The molecule has 1 N–H and O–H groups in total. The highest BCUT2D eigenvalue weighted by atomic mass is 16.3. The zero-order valence-electron chi connectivity index (χ0n) is 7.46. The second kappa shape index (κ2) is 3.12. The van der Waals surface area contributed by atoms with Gasteiger partial charge in [0.2, 0.25) is 0 Å². The van der Waals surface area contributed by atoms with E-state index in [0.717, 1.165) is 12.0 Å². The zero-order valence-corrected chi connectivity index (χ0v) is 7.46. The molecule has 0 spiro atoms. The second-order valence-corrected chi connectivity index (χ2v) is 3.58. The van der Waals surface area contributed by atoms with Crippen LogP contribution in [0.4, 0.5) is 0 Å². The Kier molecular flexibility index (Phi) is 2.38. The predicted molar refractivity (Wildman–Crippen MR) is 47.4 cm³/mol. The lowest BCUT2D eigenvalue weighted by atomic mass is 9.87. The van der Waals surface area contributed by atoms with Crippen molar-refractivity contribution >= 4 is 0 Å². The lowest BCUT2D eigenvalue weighted by molar-refractivity contribution is 0.384. The maximum atomic E-state index is 9.39. The molecule has 0 amide bonds. The SMILES string of the molecule is CC1=CCC(C(C)C)C=C1O. The largest absolute Gasteiger partial charge is 0.508 e. The lowest BCUT2D eigenvalue weighted by Gasteiger charge is -2.19. The molecular weight excluding hydrogens is 136 g/mol. The molecule has 0 fully saturated rings. The number of aliphatic hydroxyl groups is 1. The van der Waals surface area contributed by atoms with Crippen molar-refractivity contribution in [3.05, 3.63) is 23.5 Å². The molecule has 0 saturated carbocycles. The van der Waals surface area contributed by atoms with Crippen LogP contribution in [0.3, 0.4) is 0 Å². The van der Waals surface area contributed by atoms with Crippen LogP contribution >= 0.6 is 0 Å². The van der Waals surface area contributed by atoms with Crippen LogP contribution in [0.2, 0.25) is 0 Å². The van der Waals surface area contributed by atoms with E-state index in [0.29, 0.717) is 17.6 Å². The third-order valence-corrected chi connectivity index (χ3v) is 2.33. The number of hydrogen-bond donors (Lipinski definition) is 1. The quantitative estimate of drug-likeness (QED) is 0.612. The van der Waals surface area contributed by atoms with E-state index in [1.807, 2.05) is 13.0 Å². The van der Waals surface area contributed by atoms with Crippen LogP contribution in [0.1, 0.15) is 27.2 Å². The van der Waals surface area contributed by atoms with Crippen molar-refractivity contribution in [1.82, 2.24) is 0 Å². The molecule has 0 bridgehead atoms. The van der Waals surface area contributed by atoms with Gasteiger partial charge in [-0.05, 0) is 36.8 Å². The first-order valence-electron chi connectivity index (χ1n) is 4.19. The summed E-state index contributed by atoms with van der Waals surface area (Å²) in [6.45, 7) is 6.31. The Balaban J connectivity index is 2.69. The van der Waals surface area contributed by atoms with E-state index in [4.69, 9.17) is 0 Å². The molecule has 0 aliphatic heterocycles. The fourth-order valence-electron chi connectivity index (χ4n) is 1.28. The van der Waals surface area contributed by atoms with Crippen molar-refractivity contribution in [3.8, 4) is 0 Å². The summed E-state index contributed by atoms with van der Waals surface area (Å²) in [5.41, 5.74) is 1.02. The van der Waals surface area contributed by atoms with E-state index >= 15 is 0 Å². The molecule has 1 heteroatoms. The maximum absolute atomic E-state index is 9.39. The minimum absolute atomic E-state index is 0.468. The topological polar surface area (TPSA) is 20.2 Å². The molecule has 1 aliphatic carbocycles. The van der Waals surface area contributed by atoms with Crippen molar-refractivity contribution in [3.63, 3.8) is 0 Å². The first-order valence-corrected chi connectivity index (χ1v) is 4.19. The summed E-state index contributed by atoms with van der Waals surface area (Å²) >= 11 is 0. The highest BCUT2D eigenvalue weighted by Crippen LogP contribution is 2.26. The van der Waals surface area contributed by atoms with Crippen LogP contribution in [-0.2, 0) is 0 Å². The van der Waals surface area contributed by atoms with E-state index in [1.165, 1.54) is 0 Å². The molecule has 0 aromatic heterocycles. The monoisotopic (exact) mass is 152 g/mol. The highest BCUT2D eigenvalue weighted by Gasteiger charge is 2.14. The van der Waals surface area contributed by atoms with Gasteiger partial charge < -0.3 is 5.11 Å². The van der Waals surface area contributed by atoms with Crippen LogP contribution in [-0.4, -0.2) is 5.11 Å². The van der Waals surface area contributed by atoms with Crippen molar-refractivity contribution < 1.29 is 5.11 Å². The van der Waals surface area contributed by atoms with Gasteiger partial charge in [-0.3, -0.25) is 0 Å². The van der Waals surface area contributed by atoms with E-state index in [1.54, 1.807) is 0 Å². The van der Waals surface area contributed by atoms with E-state index in [-0.39, 0.29) is 0 Å². The van der Waals surface area contributed by atoms with Crippen LogP contribution in [0.15, 0.2) is 23.5 Å². The molecule has 62 valence electrons. The van der Waals surface area contributed by atoms with Crippen LogP contribution in [0.25, 0.3) is 0 Å². The summed E-state index contributed by atoms with van der Waals surface area (Å²) in [6, 6.07) is 0. The molecule has 0 saturated heterocycles. The Morgan fingerprint density at radius 3 is 2.64 bits per heavy atom. The normalized spacial score (nSPS) is 24.9. The van der Waals surface area contributed by atoms with Crippen LogP contribution in [0, 0.1) is 11.8 Å². The summed E-state index contributed by atoms with van der Waals surface area (Å²) < 4.78 is 0. The average molecular weight is 152 g/mol. The Morgan fingerprint density at radius 1 is 1.55 bits per heavy atom. The van der Waals surface area contributed by atoms with Crippen LogP contribution in [0.5, 0.6) is 0 Å². The Morgan fingerprint density at radius 2 is 2.18 bits per heavy atom. The van der Waals surface area contributed by atoms with Crippen LogP contribution < -0.4 is 0 Å². The van der Waals surface area contributed by atoms with Gasteiger partial charge in [-0.25, -0.2) is 0 Å². The van der Waals surface area contributed by atoms with Gasteiger partial charge in [-0.2, -0.15) is 0 Å². The van der Waals surface area contributed by atoms with E-state index < -0.39 is 0 Å². The van der Waals surface area contributed by atoms with Gasteiger partial charge >= 0.3 is 0 Å². The molecule has 1 atom stereocenters. The number of rotatable bonds is 1. The van der Waals surface area contributed by atoms with Gasteiger partial charge in [-0.1, -0.05) is 19.9 Å². The molecule has 11 heavy (non-hydrogen) atoms. The van der Waals surface area contributed by atoms with Crippen molar-refractivity contribution in [2.75, 3.05) is 0 Å². The molecule has 1 rings (SSSR count). The van der Waals surface area contributed by atoms with Gasteiger partial charge in [0.05, 0.1) is 0 Å². The van der Waals surface area contributed by atoms with Gasteiger partial charge in [0.15, 0.2) is 0 Å². The molecule has 1 aliphatic rings. The smallest absolute Gasteiger partial charge is 0.114 e. The Labute approximate surface area is 68.4 Å².